The summed E-state index contributed by atoms with van der Waals surface area (Å²) in [6, 6.07) is 6.92. The molecule has 1 aromatic carbocycles. The number of aromatic nitrogens is 2. The summed E-state index contributed by atoms with van der Waals surface area (Å²) in [6.07, 6.45) is 5.30. The summed E-state index contributed by atoms with van der Waals surface area (Å²) < 4.78 is 26.7. The van der Waals surface area contributed by atoms with Crippen molar-refractivity contribution in [2.45, 2.75) is 31.1 Å². The monoisotopic (exact) mass is 291 g/mol. The molecule has 0 saturated carbocycles. The zero-order chi connectivity index (χ0) is 14.6. The second kappa shape index (κ2) is 6.00. The van der Waals surface area contributed by atoms with E-state index < -0.39 is 10.0 Å². The Morgan fingerprint density at radius 2 is 1.90 bits per heavy atom. The summed E-state index contributed by atoms with van der Waals surface area (Å²) in [6.45, 7) is 4.21. The molecule has 6 heteroatoms. The molecule has 0 bridgehead atoms. The van der Waals surface area contributed by atoms with E-state index in [1.165, 1.54) is 18.6 Å². The van der Waals surface area contributed by atoms with E-state index in [1.807, 2.05) is 12.1 Å². The molecule has 0 saturated heterocycles. The molecular formula is C14H17N3O2S. The van der Waals surface area contributed by atoms with E-state index in [-0.39, 0.29) is 10.7 Å². The second-order valence-corrected chi connectivity index (χ2v) is 6.26. The maximum absolute atomic E-state index is 12.2. The third-order valence-electron chi connectivity index (χ3n) is 3.17. The summed E-state index contributed by atoms with van der Waals surface area (Å²) in [4.78, 5) is 7.93. The highest BCUT2D eigenvalue weighted by Crippen LogP contribution is 2.21. The number of benzene rings is 1. The summed E-state index contributed by atoms with van der Waals surface area (Å²) in [5, 5.41) is 0. The highest BCUT2D eigenvalue weighted by atomic mass is 32.2. The minimum Gasteiger partial charge on any atom is -0.262 e. The Kier molecular flexibility index (Phi) is 4.34. The van der Waals surface area contributed by atoms with Gasteiger partial charge in [-0.1, -0.05) is 26.0 Å². The summed E-state index contributed by atoms with van der Waals surface area (Å²) >= 11 is 0. The predicted octanol–water partition coefficient (Wildman–Crippen LogP) is 2.79. The highest BCUT2D eigenvalue weighted by molar-refractivity contribution is 7.92. The number of hydrogen-bond acceptors (Lipinski definition) is 4. The van der Waals surface area contributed by atoms with Crippen LogP contribution in [0.4, 0.5) is 5.82 Å². The quantitative estimate of drug-likeness (QED) is 0.919. The third-order valence-corrected chi connectivity index (χ3v) is 4.54. The molecule has 0 aliphatic carbocycles. The van der Waals surface area contributed by atoms with E-state index >= 15 is 0 Å². The molecule has 0 spiro atoms. The molecular weight excluding hydrogens is 274 g/mol. The van der Waals surface area contributed by atoms with Crippen molar-refractivity contribution < 1.29 is 8.42 Å². The van der Waals surface area contributed by atoms with Crippen LogP contribution >= 0.6 is 0 Å². The van der Waals surface area contributed by atoms with E-state index in [4.69, 9.17) is 0 Å². The van der Waals surface area contributed by atoms with E-state index in [0.717, 1.165) is 12.0 Å². The Hall–Kier alpha value is -1.95. The van der Waals surface area contributed by atoms with Crippen LogP contribution in [0.25, 0.3) is 0 Å². The van der Waals surface area contributed by atoms with Crippen LogP contribution in [-0.4, -0.2) is 18.4 Å². The number of nitrogens with one attached hydrogen (secondary N) is 1. The number of sulfonamides is 1. The number of anilines is 1. The van der Waals surface area contributed by atoms with Crippen LogP contribution in [0.5, 0.6) is 0 Å². The van der Waals surface area contributed by atoms with Crippen molar-refractivity contribution >= 4 is 15.8 Å². The minimum absolute atomic E-state index is 0.207. The SMILES string of the molecule is CCC(C)c1ccc(S(=O)(=O)Nc2cnccn2)cc1. The Morgan fingerprint density at radius 1 is 1.20 bits per heavy atom. The first kappa shape index (κ1) is 14.5. The first-order valence-corrected chi connectivity index (χ1v) is 7.90. The van der Waals surface area contributed by atoms with Gasteiger partial charge in [-0.05, 0) is 30.0 Å². The van der Waals surface area contributed by atoms with Gasteiger partial charge in [0.15, 0.2) is 5.82 Å². The van der Waals surface area contributed by atoms with Gasteiger partial charge >= 0.3 is 0 Å². The largest absolute Gasteiger partial charge is 0.263 e. The normalized spacial score (nSPS) is 12.9. The maximum atomic E-state index is 12.2. The molecule has 5 nitrogen and oxygen atoms in total. The average molecular weight is 291 g/mol. The third kappa shape index (κ3) is 3.33. The standard InChI is InChI=1S/C14H17N3O2S/c1-3-11(2)12-4-6-13(7-5-12)20(18,19)17-14-10-15-8-9-16-14/h4-11H,3H2,1-2H3,(H,16,17). The molecule has 0 fully saturated rings. The molecule has 106 valence electrons. The molecule has 0 aliphatic rings. The molecule has 20 heavy (non-hydrogen) atoms. The Morgan fingerprint density at radius 3 is 2.45 bits per heavy atom. The molecule has 1 aromatic heterocycles. The van der Waals surface area contributed by atoms with E-state index in [1.54, 1.807) is 12.1 Å². The molecule has 1 heterocycles. The lowest BCUT2D eigenvalue weighted by Crippen LogP contribution is -2.14. The summed E-state index contributed by atoms with van der Waals surface area (Å²) in [5.74, 6) is 0.623. The van der Waals surface area contributed by atoms with Gasteiger partial charge in [0.05, 0.1) is 11.1 Å². The van der Waals surface area contributed by atoms with E-state index in [9.17, 15) is 8.42 Å². The lowest BCUT2D eigenvalue weighted by Gasteiger charge is -2.10. The van der Waals surface area contributed by atoms with Gasteiger partial charge < -0.3 is 0 Å². The topological polar surface area (TPSA) is 72.0 Å². The van der Waals surface area contributed by atoms with Gasteiger partial charge in [-0.2, -0.15) is 0 Å². The fourth-order valence-corrected chi connectivity index (χ4v) is 2.75. The molecule has 2 rings (SSSR count). The lowest BCUT2D eigenvalue weighted by atomic mass is 9.99. The van der Waals surface area contributed by atoms with Crippen molar-refractivity contribution in [1.29, 1.82) is 0 Å². The van der Waals surface area contributed by atoms with Gasteiger partial charge in [0.25, 0.3) is 10.0 Å². The van der Waals surface area contributed by atoms with Crippen LogP contribution in [-0.2, 0) is 10.0 Å². The van der Waals surface area contributed by atoms with Crippen LogP contribution < -0.4 is 4.72 Å². The van der Waals surface area contributed by atoms with E-state index in [0.29, 0.717) is 5.92 Å². The fraction of sp³-hybridized carbons (Fsp3) is 0.286. The molecule has 0 radical (unpaired) electrons. The Bertz CT molecular complexity index is 655. The van der Waals surface area contributed by atoms with Crippen LogP contribution in [0.1, 0.15) is 31.7 Å². The van der Waals surface area contributed by atoms with Gasteiger partial charge in [-0.15, -0.1) is 0 Å². The van der Waals surface area contributed by atoms with E-state index in [2.05, 4.69) is 28.5 Å². The number of nitrogens with zero attached hydrogens (tertiary/aromatic N) is 2. The van der Waals surface area contributed by atoms with Gasteiger partial charge in [0, 0.05) is 12.4 Å². The predicted molar refractivity (Wildman–Crippen MR) is 78.0 cm³/mol. The van der Waals surface area contributed by atoms with Gasteiger partial charge in [0.2, 0.25) is 0 Å². The van der Waals surface area contributed by atoms with Gasteiger partial charge in [-0.3, -0.25) is 9.71 Å². The van der Waals surface area contributed by atoms with Crippen LogP contribution in [0.3, 0.4) is 0 Å². The summed E-state index contributed by atoms with van der Waals surface area (Å²) in [5.41, 5.74) is 1.13. The zero-order valence-electron chi connectivity index (χ0n) is 11.4. The molecule has 2 aromatic rings. The lowest BCUT2D eigenvalue weighted by molar-refractivity contribution is 0.601. The number of hydrogen-bond donors (Lipinski definition) is 1. The van der Waals surface area contributed by atoms with Crippen LogP contribution in [0, 0.1) is 0 Å². The first-order valence-electron chi connectivity index (χ1n) is 6.41. The first-order chi connectivity index (χ1) is 9.53. The molecule has 0 aliphatic heterocycles. The molecule has 0 amide bonds. The Labute approximate surface area is 119 Å². The fourth-order valence-electron chi connectivity index (χ4n) is 1.76. The van der Waals surface area contributed by atoms with Crippen molar-refractivity contribution in [2.75, 3.05) is 4.72 Å². The van der Waals surface area contributed by atoms with Crippen molar-refractivity contribution in [3.8, 4) is 0 Å². The van der Waals surface area contributed by atoms with Crippen LogP contribution in [0.15, 0.2) is 47.8 Å². The van der Waals surface area contributed by atoms with Crippen molar-refractivity contribution in [3.05, 3.63) is 48.4 Å². The smallest absolute Gasteiger partial charge is 0.262 e. The van der Waals surface area contributed by atoms with Crippen molar-refractivity contribution in [2.24, 2.45) is 0 Å². The number of rotatable bonds is 5. The molecule has 1 atom stereocenters. The molecule has 1 unspecified atom stereocenters. The van der Waals surface area contributed by atoms with Crippen molar-refractivity contribution in [3.63, 3.8) is 0 Å². The van der Waals surface area contributed by atoms with Gasteiger partial charge in [0.1, 0.15) is 0 Å². The maximum Gasteiger partial charge on any atom is 0.263 e. The zero-order valence-corrected chi connectivity index (χ0v) is 12.3. The Balaban J connectivity index is 2.22. The van der Waals surface area contributed by atoms with Crippen LogP contribution in [0.2, 0.25) is 0 Å². The highest BCUT2D eigenvalue weighted by Gasteiger charge is 2.15. The summed E-state index contributed by atoms with van der Waals surface area (Å²) in [7, 11) is -3.62. The second-order valence-electron chi connectivity index (χ2n) is 4.57. The average Bonchev–Trinajstić information content (AvgIpc) is 2.47. The minimum atomic E-state index is -3.62. The van der Waals surface area contributed by atoms with Crippen molar-refractivity contribution in [1.82, 2.24) is 9.97 Å². The van der Waals surface area contributed by atoms with Gasteiger partial charge in [-0.25, -0.2) is 13.4 Å². The molecule has 1 N–H and O–H groups in total.